The average molecular weight is 710 g/mol. The van der Waals surface area contributed by atoms with Crippen molar-refractivity contribution in [2.45, 2.75) is 77.0 Å². The Morgan fingerprint density at radius 1 is 1.14 bits per heavy atom. The maximum atomic E-state index is 14.3. The van der Waals surface area contributed by atoms with Crippen molar-refractivity contribution in [2.75, 3.05) is 57.3 Å². The molecule has 16 heteroatoms. The zero-order valence-corrected chi connectivity index (χ0v) is 28.8. The minimum absolute atomic E-state index is 0.0322. The van der Waals surface area contributed by atoms with Gasteiger partial charge in [0.15, 0.2) is 11.6 Å². The van der Waals surface area contributed by atoms with Crippen LogP contribution in [0.1, 0.15) is 62.7 Å². The van der Waals surface area contributed by atoms with E-state index in [1.807, 2.05) is 0 Å². The molecule has 3 saturated heterocycles. The van der Waals surface area contributed by atoms with Crippen LogP contribution in [0.2, 0.25) is 0 Å². The van der Waals surface area contributed by atoms with E-state index in [2.05, 4.69) is 29.2 Å². The number of carbonyl (C=O) groups is 1. The molecular formula is C33H46F3N7O5S. The van der Waals surface area contributed by atoms with E-state index in [4.69, 9.17) is 9.47 Å². The molecule has 1 saturated carbocycles. The van der Waals surface area contributed by atoms with Gasteiger partial charge in [-0.3, -0.25) is 4.79 Å². The van der Waals surface area contributed by atoms with Crippen LogP contribution in [0, 0.1) is 17.2 Å². The number of likely N-dealkylation sites (tertiary alicyclic amines) is 1. The van der Waals surface area contributed by atoms with E-state index in [1.54, 1.807) is 13.8 Å². The molecule has 4 fully saturated rings. The number of piperidine rings is 1. The van der Waals surface area contributed by atoms with Crippen molar-refractivity contribution in [3.05, 3.63) is 42.1 Å². The number of nitrogens with one attached hydrogen (secondary N) is 2. The number of nitrogens with zero attached hydrogens (tertiary/aromatic N) is 5. The van der Waals surface area contributed by atoms with Gasteiger partial charge in [-0.05, 0) is 89.6 Å². The maximum absolute atomic E-state index is 14.3. The number of rotatable bonds is 14. The Labute approximate surface area is 285 Å². The number of amides is 1. The van der Waals surface area contributed by atoms with Crippen LogP contribution in [0.5, 0.6) is 11.5 Å². The number of anilines is 1. The van der Waals surface area contributed by atoms with Gasteiger partial charge in [0, 0.05) is 43.7 Å². The first-order valence-electron chi connectivity index (χ1n) is 17.1. The Kier molecular flexibility index (Phi) is 11.0. The molecule has 1 spiro atoms. The molecule has 2 atom stereocenters. The summed E-state index contributed by atoms with van der Waals surface area (Å²) in [7, 11) is -3.51. The Morgan fingerprint density at radius 2 is 1.90 bits per heavy atom. The van der Waals surface area contributed by atoms with E-state index in [9.17, 15) is 26.4 Å². The highest BCUT2D eigenvalue weighted by molar-refractivity contribution is 7.87. The van der Waals surface area contributed by atoms with Gasteiger partial charge in [0.25, 0.3) is 22.5 Å². The van der Waals surface area contributed by atoms with Crippen LogP contribution in [0.3, 0.4) is 0 Å². The third-order valence-corrected chi connectivity index (χ3v) is 11.1. The monoisotopic (exact) mass is 709 g/mol. The minimum Gasteiger partial charge on any atom is -0.451 e. The van der Waals surface area contributed by atoms with Gasteiger partial charge in [-0.2, -0.15) is 13.1 Å². The van der Waals surface area contributed by atoms with E-state index < -0.39 is 40.9 Å². The second-order valence-electron chi connectivity index (χ2n) is 14.2. The van der Waals surface area contributed by atoms with Gasteiger partial charge in [0.2, 0.25) is 0 Å². The summed E-state index contributed by atoms with van der Waals surface area (Å²) in [6.07, 6.45) is 5.93. The summed E-state index contributed by atoms with van der Waals surface area (Å²) in [4.78, 5) is 27.4. The third kappa shape index (κ3) is 9.20. The third-order valence-electron chi connectivity index (χ3n) is 9.95. The minimum atomic E-state index is -3.51. The molecule has 12 nitrogen and oxygen atoms in total. The summed E-state index contributed by atoms with van der Waals surface area (Å²) in [5.41, 5.74) is -0.0382. The first kappa shape index (κ1) is 35.8. The van der Waals surface area contributed by atoms with Crippen molar-refractivity contribution in [2.24, 2.45) is 11.3 Å². The lowest BCUT2D eigenvalue weighted by molar-refractivity contribution is -0.0299. The van der Waals surface area contributed by atoms with Crippen molar-refractivity contribution in [1.82, 2.24) is 29.2 Å². The van der Waals surface area contributed by atoms with E-state index >= 15 is 0 Å². The molecule has 0 unspecified atom stereocenters. The zero-order valence-electron chi connectivity index (χ0n) is 28.0. The van der Waals surface area contributed by atoms with E-state index in [1.165, 1.54) is 18.6 Å². The molecule has 1 aliphatic carbocycles. The van der Waals surface area contributed by atoms with Crippen molar-refractivity contribution in [1.29, 1.82) is 0 Å². The maximum Gasteiger partial charge on any atom is 0.277 e. The summed E-state index contributed by atoms with van der Waals surface area (Å²) in [5, 5.41) is 0. The molecule has 1 aromatic carbocycles. The van der Waals surface area contributed by atoms with Gasteiger partial charge in [0.1, 0.15) is 17.9 Å². The fourth-order valence-electron chi connectivity index (χ4n) is 6.91. The van der Waals surface area contributed by atoms with Gasteiger partial charge in [-0.1, -0.05) is 0 Å². The molecular weight excluding hydrogens is 663 g/mol. The number of alkyl halides is 2. The summed E-state index contributed by atoms with van der Waals surface area (Å²) in [5.74, 6) is -0.102. The van der Waals surface area contributed by atoms with E-state index in [0.29, 0.717) is 24.9 Å². The highest BCUT2D eigenvalue weighted by atomic mass is 32.2. The van der Waals surface area contributed by atoms with E-state index in [0.717, 1.165) is 88.3 Å². The van der Waals surface area contributed by atoms with Gasteiger partial charge in [-0.15, -0.1) is 0 Å². The molecule has 0 bridgehead atoms. The Balaban J connectivity index is 0.999. The van der Waals surface area contributed by atoms with Gasteiger partial charge in [-0.25, -0.2) is 27.9 Å². The van der Waals surface area contributed by atoms with E-state index in [-0.39, 0.29) is 34.6 Å². The number of ether oxygens (including phenoxy) is 2. The lowest BCUT2D eigenvalue weighted by Gasteiger charge is -2.54. The van der Waals surface area contributed by atoms with Gasteiger partial charge in [0.05, 0.1) is 31.0 Å². The Bertz CT molecular complexity index is 1560. The van der Waals surface area contributed by atoms with Crippen LogP contribution in [0.15, 0.2) is 30.7 Å². The zero-order chi connectivity index (χ0) is 34.8. The highest BCUT2D eigenvalue weighted by Crippen LogP contribution is 2.45. The molecule has 3 aliphatic heterocycles. The second-order valence-corrected chi connectivity index (χ2v) is 15.7. The van der Waals surface area contributed by atoms with Crippen molar-refractivity contribution in [3.8, 4) is 11.5 Å². The highest BCUT2D eigenvalue weighted by Gasteiger charge is 2.46. The van der Waals surface area contributed by atoms with Crippen LogP contribution in [0.4, 0.5) is 19.0 Å². The molecule has 4 aliphatic rings. The number of benzene rings is 1. The van der Waals surface area contributed by atoms with Crippen LogP contribution >= 0.6 is 0 Å². The second kappa shape index (κ2) is 15.1. The average Bonchev–Trinajstić information content (AvgIpc) is 3.89. The quantitative estimate of drug-likeness (QED) is 0.301. The summed E-state index contributed by atoms with van der Waals surface area (Å²) in [6, 6.07) is 2.72. The summed E-state index contributed by atoms with van der Waals surface area (Å²) < 4.78 is 83.0. The smallest absolute Gasteiger partial charge is 0.277 e. The predicted molar refractivity (Wildman–Crippen MR) is 177 cm³/mol. The number of aromatic nitrogens is 2. The van der Waals surface area contributed by atoms with Crippen molar-refractivity contribution >= 4 is 21.9 Å². The molecule has 2 aromatic rings. The van der Waals surface area contributed by atoms with Crippen LogP contribution in [-0.2, 0) is 14.9 Å². The van der Waals surface area contributed by atoms with Crippen LogP contribution < -0.4 is 19.1 Å². The standard InChI is InChI=1S/C33H46F3N7O5S/c1-22(2)43(17-30(35)36)32(44)27-13-24(34)5-8-28(27)48-29-15-37-21-38-31(29)42-19-33(20-42)9-11-41(12-10-33)16-26-7-6-25(18-47-26)40-49(45,46)39-14-23-3-4-23/h5,8,13,15,21-23,25-26,30,39-40H,3-4,6-7,9-12,14,16-20H2,1-2H3/t25-,26+/m1/s1. The lowest BCUT2D eigenvalue weighted by atomic mass is 9.72. The first-order chi connectivity index (χ1) is 23.4. The molecule has 1 amide bonds. The lowest BCUT2D eigenvalue weighted by Crippen LogP contribution is -2.61. The molecule has 49 heavy (non-hydrogen) atoms. The number of hydrogen-bond donors (Lipinski definition) is 2. The Morgan fingerprint density at radius 3 is 2.55 bits per heavy atom. The Hall–Kier alpha value is -3.05. The predicted octanol–water partition coefficient (Wildman–Crippen LogP) is 3.81. The summed E-state index contributed by atoms with van der Waals surface area (Å²) >= 11 is 0. The van der Waals surface area contributed by atoms with Crippen molar-refractivity contribution < 1.29 is 35.9 Å². The molecule has 2 N–H and O–H groups in total. The number of hydrogen-bond acceptors (Lipinski definition) is 9. The van der Waals surface area contributed by atoms with Gasteiger partial charge >= 0.3 is 0 Å². The molecule has 1 aromatic heterocycles. The normalized spacial score (nSPS) is 22.8. The SMILES string of the molecule is CC(C)N(CC(F)F)C(=O)c1cc(F)ccc1Oc1cncnc1N1CC2(CCN(C[C@@H]3CC[C@@H](NS(=O)(=O)NCC4CC4)CO3)CC2)C1. The van der Waals surface area contributed by atoms with Crippen molar-refractivity contribution in [3.63, 3.8) is 0 Å². The molecule has 0 radical (unpaired) electrons. The topological polar surface area (TPSA) is 129 Å². The molecule has 270 valence electrons. The van der Waals surface area contributed by atoms with Crippen LogP contribution in [-0.4, -0.2) is 111 Å². The van der Waals surface area contributed by atoms with Crippen LogP contribution in [0.25, 0.3) is 0 Å². The largest absolute Gasteiger partial charge is 0.451 e. The fourth-order valence-corrected chi connectivity index (χ4v) is 8.07. The number of carbonyl (C=O) groups excluding carboxylic acids is 1. The first-order valence-corrected chi connectivity index (χ1v) is 18.6. The molecule has 6 rings (SSSR count). The molecule has 4 heterocycles. The fraction of sp³-hybridized carbons (Fsp3) is 0.667. The summed E-state index contributed by atoms with van der Waals surface area (Å²) in [6.45, 7) is 7.50. The number of halogens is 3. The van der Waals surface area contributed by atoms with Gasteiger partial charge < -0.3 is 24.2 Å².